The summed E-state index contributed by atoms with van der Waals surface area (Å²) >= 11 is 0. The van der Waals surface area contributed by atoms with Crippen LogP contribution < -0.4 is 10.1 Å². The van der Waals surface area contributed by atoms with Gasteiger partial charge in [0.25, 0.3) is 6.43 Å². The van der Waals surface area contributed by atoms with E-state index in [2.05, 4.69) is 20.4 Å². The fourth-order valence-corrected chi connectivity index (χ4v) is 4.63. The molecule has 5 rings (SSSR count). The normalized spacial score (nSPS) is 19.2. The van der Waals surface area contributed by atoms with Crippen LogP contribution in [0.5, 0.6) is 5.88 Å². The number of fused-ring (bicyclic) bond motifs is 2. The number of likely N-dealkylation sites (tertiary alicyclic amines) is 1. The molecule has 4 aromatic rings. The SMILES string of the molecule is COc1nc(N[C@H]2CCN(C)C[C@H]2F)nn2ccc(-c3cc(F)c4nc(C)n(CC(F)F)c4c3)c12. The van der Waals surface area contributed by atoms with Crippen molar-refractivity contribution in [2.45, 2.75) is 38.5 Å². The molecule has 12 heteroatoms. The smallest absolute Gasteiger partial charge is 0.256 e. The van der Waals surface area contributed by atoms with Gasteiger partial charge >= 0.3 is 0 Å². The predicted molar refractivity (Wildman–Crippen MR) is 123 cm³/mol. The first-order valence-electron chi connectivity index (χ1n) is 11.2. The predicted octanol–water partition coefficient (Wildman–Crippen LogP) is 3.92. The molecule has 1 fully saturated rings. The minimum Gasteiger partial charge on any atom is -0.479 e. The van der Waals surface area contributed by atoms with Crippen LogP contribution in [0.2, 0.25) is 0 Å². The zero-order chi connectivity index (χ0) is 24.9. The zero-order valence-corrected chi connectivity index (χ0v) is 19.5. The molecular weight excluding hydrogens is 466 g/mol. The number of nitrogens with one attached hydrogen (secondary N) is 1. The number of aryl methyl sites for hydroxylation is 1. The molecule has 1 saturated heterocycles. The van der Waals surface area contributed by atoms with Crippen molar-refractivity contribution >= 4 is 22.5 Å². The number of piperidine rings is 1. The quantitative estimate of drug-likeness (QED) is 0.413. The van der Waals surface area contributed by atoms with Gasteiger partial charge in [-0.15, -0.1) is 5.10 Å². The molecule has 0 radical (unpaired) electrons. The van der Waals surface area contributed by atoms with E-state index in [0.29, 0.717) is 35.4 Å². The average Bonchev–Trinajstić information content (AvgIpc) is 3.37. The number of nitrogens with zero attached hydrogens (tertiary/aromatic N) is 6. The van der Waals surface area contributed by atoms with E-state index in [9.17, 15) is 17.6 Å². The lowest BCUT2D eigenvalue weighted by Gasteiger charge is -2.32. The van der Waals surface area contributed by atoms with Crippen LogP contribution in [-0.2, 0) is 6.54 Å². The molecule has 1 aromatic carbocycles. The van der Waals surface area contributed by atoms with E-state index in [1.54, 1.807) is 25.3 Å². The number of imidazole rings is 1. The summed E-state index contributed by atoms with van der Waals surface area (Å²) in [6.45, 7) is 2.05. The second-order valence-electron chi connectivity index (χ2n) is 8.77. The van der Waals surface area contributed by atoms with Gasteiger partial charge in [-0.1, -0.05) is 0 Å². The second kappa shape index (κ2) is 8.99. The largest absolute Gasteiger partial charge is 0.479 e. The van der Waals surface area contributed by atoms with Crippen LogP contribution in [0.15, 0.2) is 24.4 Å². The van der Waals surface area contributed by atoms with Gasteiger partial charge in [0.05, 0.1) is 25.2 Å². The number of hydrogen-bond donors (Lipinski definition) is 1. The minimum absolute atomic E-state index is 0.0315. The zero-order valence-electron chi connectivity index (χ0n) is 19.5. The summed E-state index contributed by atoms with van der Waals surface area (Å²) in [7, 11) is 3.32. The van der Waals surface area contributed by atoms with Crippen molar-refractivity contribution in [3.63, 3.8) is 0 Å². The Kier molecular flexibility index (Phi) is 5.99. The fraction of sp³-hybridized carbons (Fsp3) is 0.435. The summed E-state index contributed by atoms with van der Waals surface area (Å²) in [4.78, 5) is 10.5. The third-order valence-electron chi connectivity index (χ3n) is 6.36. The van der Waals surface area contributed by atoms with Crippen LogP contribution >= 0.6 is 0 Å². The summed E-state index contributed by atoms with van der Waals surface area (Å²) in [6.07, 6.45) is -1.43. The Labute approximate surface area is 198 Å². The Balaban J connectivity index is 1.56. The van der Waals surface area contributed by atoms with E-state index in [4.69, 9.17) is 4.74 Å². The second-order valence-corrected chi connectivity index (χ2v) is 8.77. The highest BCUT2D eigenvalue weighted by molar-refractivity contribution is 5.90. The Morgan fingerprint density at radius 2 is 2.06 bits per heavy atom. The summed E-state index contributed by atoms with van der Waals surface area (Å²) in [5.74, 6) is 0.0989. The molecule has 4 heterocycles. The van der Waals surface area contributed by atoms with Crippen molar-refractivity contribution in [1.29, 1.82) is 0 Å². The molecule has 0 aliphatic carbocycles. The van der Waals surface area contributed by atoms with E-state index < -0.39 is 31.0 Å². The van der Waals surface area contributed by atoms with Gasteiger partial charge in [0.1, 0.15) is 23.0 Å². The summed E-state index contributed by atoms with van der Waals surface area (Å²) in [5, 5.41) is 7.51. The maximum Gasteiger partial charge on any atom is 0.256 e. The maximum atomic E-state index is 15.0. The van der Waals surface area contributed by atoms with E-state index >= 15 is 0 Å². The first kappa shape index (κ1) is 23.3. The molecule has 0 spiro atoms. The number of halogens is 4. The van der Waals surface area contributed by atoms with Gasteiger partial charge in [0, 0.05) is 24.8 Å². The van der Waals surface area contributed by atoms with Gasteiger partial charge in [-0.25, -0.2) is 27.1 Å². The van der Waals surface area contributed by atoms with E-state index in [-0.39, 0.29) is 22.9 Å². The van der Waals surface area contributed by atoms with Crippen molar-refractivity contribution in [3.8, 4) is 17.0 Å². The van der Waals surface area contributed by atoms with Crippen molar-refractivity contribution < 1.29 is 22.3 Å². The molecule has 35 heavy (non-hydrogen) atoms. The Morgan fingerprint density at radius 3 is 2.77 bits per heavy atom. The van der Waals surface area contributed by atoms with Gasteiger partial charge in [0.2, 0.25) is 11.8 Å². The third kappa shape index (κ3) is 4.26. The van der Waals surface area contributed by atoms with E-state index in [1.165, 1.54) is 22.3 Å². The Bertz CT molecular complexity index is 1390. The minimum atomic E-state index is -2.61. The van der Waals surface area contributed by atoms with Crippen LogP contribution in [0.4, 0.5) is 23.5 Å². The number of hydrogen-bond acceptors (Lipinski definition) is 6. The number of alkyl halides is 3. The number of methoxy groups -OCH3 is 1. The van der Waals surface area contributed by atoms with Crippen LogP contribution in [0.25, 0.3) is 27.7 Å². The highest BCUT2D eigenvalue weighted by Crippen LogP contribution is 2.34. The first-order valence-corrected chi connectivity index (χ1v) is 11.2. The van der Waals surface area contributed by atoms with Crippen LogP contribution in [0, 0.1) is 12.7 Å². The van der Waals surface area contributed by atoms with Gasteiger partial charge in [0.15, 0.2) is 5.82 Å². The molecule has 0 unspecified atom stereocenters. The molecule has 1 aliphatic rings. The molecule has 186 valence electrons. The molecule has 0 amide bonds. The lowest BCUT2D eigenvalue weighted by molar-refractivity contribution is 0.127. The van der Waals surface area contributed by atoms with Gasteiger partial charge < -0.3 is 19.5 Å². The van der Waals surface area contributed by atoms with Crippen molar-refractivity contribution in [2.24, 2.45) is 0 Å². The highest BCUT2D eigenvalue weighted by atomic mass is 19.3. The molecule has 2 atom stereocenters. The molecule has 3 aromatic heterocycles. The Morgan fingerprint density at radius 1 is 1.26 bits per heavy atom. The number of ether oxygens (including phenoxy) is 1. The van der Waals surface area contributed by atoms with Gasteiger partial charge in [-0.2, -0.15) is 4.98 Å². The van der Waals surface area contributed by atoms with E-state index in [0.717, 1.165) is 6.54 Å². The molecule has 8 nitrogen and oxygen atoms in total. The molecule has 1 N–H and O–H groups in total. The standard InChI is InChI=1S/C23H25F4N7O/c1-12-28-20-15(24)8-13(9-18(20)33(12)11-19(26)27)14-4-7-34-21(14)22(35-3)30-23(31-34)29-17-5-6-32(2)10-16(17)25/h4,7-9,16-17,19H,5-6,10-11H2,1-3H3,(H,29,31)/t16-,17+/m1/s1. The highest BCUT2D eigenvalue weighted by Gasteiger charge is 2.28. The number of rotatable bonds is 6. The van der Waals surface area contributed by atoms with Crippen LogP contribution in [0.1, 0.15) is 12.2 Å². The molecular formula is C23H25F4N7O. The van der Waals surface area contributed by atoms with Crippen LogP contribution in [-0.4, -0.2) is 74.9 Å². The van der Waals surface area contributed by atoms with Crippen molar-refractivity contribution in [3.05, 3.63) is 36.0 Å². The average molecular weight is 491 g/mol. The summed E-state index contributed by atoms with van der Waals surface area (Å²) in [5.41, 5.74) is 1.76. The van der Waals surface area contributed by atoms with Gasteiger partial charge in [-0.3, -0.25) is 0 Å². The third-order valence-corrected chi connectivity index (χ3v) is 6.36. The lowest BCUT2D eigenvalue weighted by Crippen LogP contribution is -2.46. The Hall–Kier alpha value is -3.41. The van der Waals surface area contributed by atoms with Crippen molar-refractivity contribution in [2.75, 3.05) is 32.6 Å². The molecule has 0 saturated carbocycles. The first-order chi connectivity index (χ1) is 16.7. The van der Waals surface area contributed by atoms with E-state index in [1.807, 2.05) is 11.9 Å². The summed E-state index contributed by atoms with van der Waals surface area (Å²) in [6, 6.07) is 4.20. The number of benzene rings is 1. The number of aromatic nitrogens is 5. The maximum absolute atomic E-state index is 15.0. The topological polar surface area (TPSA) is 72.5 Å². The van der Waals surface area contributed by atoms with Crippen molar-refractivity contribution in [1.82, 2.24) is 29.0 Å². The monoisotopic (exact) mass is 491 g/mol. The molecule has 1 aliphatic heterocycles. The fourth-order valence-electron chi connectivity index (χ4n) is 4.63. The van der Waals surface area contributed by atoms with Crippen LogP contribution in [0.3, 0.4) is 0 Å². The molecule has 0 bridgehead atoms. The lowest BCUT2D eigenvalue weighted by atomic mass is 10.0. The number of anilines is 1. The summed E-state index contributed by atoms with van der Waals surface area (Å²) < 4.78 is 64.0. The van der Waals surface area contributed by atoms with Gasteiger partial charge in [-0.05, 0) is 44.2 Å².